The summed E-state index contributed by atoms with van der Waals surface area (Å²) >= 11 is 3.36. The van der Waals surface area contributed by atoms with E-state index in [-0.39, 0.29) is 0 Å². The molecule has 0 fully saturated rings. The van der Waals surface area contributed by atoms with Crippen molar-refractivity contribution in [3.05, 3.63) is 28.6 Å². The SMILES string of the molecule is CSc1cc2sccc2c(C)c1C#N. The van der Waals surface area contributed by atoms with Crippen LogP contribution in [0.5, 0.6) is 0 Å². The van der Waals surface area contributed by atoms with Crippen LogP contribution in [0.15, 0.2) is 22.4 Å². The van der Waals surface area contributed by atoms with Crippen molar-refractivity contribution in [2.24, 2.45) is 0 Å². The van der Waals surface area contributed by atoms with Crippen molar-refractivity contribution in [2.45, 2.75) is 11.8 Å². The second-order valence-electron chi connectivity index (χ2n) is 3.02. The van der Waals surface area contributed by atoms with Gasteiger partial charge in [0.25, 0.3) is 0 Å². The first-order valence-electron chi connectivity index (χ1n) is 4.23. The predicted molar refractivity (Wildman–Crippen MR) is 63.1 cm³/mol. The van der Waals surface area contributed by atoms with Gasteiger partial charge in [0, 0.05) is 9.60 Å². The number of aryl methyl sites for hydroxylation is 1. The summed E-state index contributed by atoms with van der Waals surface area (Å²) < 4.78 is 1.27. The molecule has 2 rings (SSSR count). The molecule has 0 amide bonds. The van der Waals surface area contributed by atoms with E-state index in [9.17, 15) is 0 Å². The van der Waals surface area contributed by atoms with Gasteiger partial charge in [0.15, 0.2) is 0 Å². The highest BCUT2D eigenvalue weighted by Gasteiger charge is 2.09. The van der Waals surface area contributed by atoms with Crippen LogP contribution in [0.25, 0.3) is 10.1 Å². The number of thioether (sulfide) groups is 1. The third-order valence-corrected chi connectivity index (χ3v) is 3.94. The van der Waals surface area contributed by atoms with E-state index in [1.807, 2.05) is 13.2 Å². The van der Waals surface area contributed by atoms with Gasteiger partial charge >= 0.3 is 0 Å². The van der Waals surface area contributed by atoms with E-state index in [1.54, 1.807) is 23.1 Å². The smallest absolute Gasteiger partial charge is 0.101 e. The van der Waals surface area contributed by atoms with Gasteiger partial charge in [0.05, 0.1) is 5.56 Å². The molecule has 0 bridgehead atoms. The van der Waals surface area contributed by atoms with Crippen LogP contribution in [0.2, 0.25) is 0 Å². The van der Waals surface area contributed by atoms with Crippen molar-refractivity contribution >= 4 is 33.2 Å². The van der Waals surface area contributed by atoms with Crippen LogP contribution >= 0.6 is 23.1 Å². The highest BCUT2D eigenvalue weighted by Crippen LogP contribution is 2.32. The number of benzene rings is 1. The number of thiophene rings is 1. The molecule has 0 saturated carbocycles. The second kappa shape index (κ2) is 3.64. The van der Waals surface area contributed by atoms with Crippen molar-refractivity contribution in [3.8, 4) is 6.07 Å². The molecule has 0 aliphatic rings. The number of hydrogen-bond acceptors (Lipinski definition) is 3. The predicted octanol–water partition coefficient (Wildman–Crippen LogP) is 3.80. The van der Waals surface area contributed by atoms with Crippen LogP contribution in [0, 0.1) is 18.3 Å². The van der Waals surface area contributed by atoms with Gasteiger partial charge in [-0.15, -0.1) is 23.1 Å². The second-order valence-corrected chi connectivity index (χ2v) is 4.82. The summed E-state index contributed by atoms with van der Waals surface area (Å²) in [5, 5.41) is 12.4. The number of nitrogens with zero attached hydrogens (tertiary/aromatic N) is 1. The maximum absolute atomic E-state index is 9.07. The third-order valence-electron chi connectivity index (χ3n) is 2.31. The number of hydrogen-bond donors (Lipinski definition) is 0. The molecule has 0 unspecified atom stereocenters. The highest BCUT2D eigenvalue weighted by atomic mass is 32.2. The molecular formula is C11H9NS2. The lowest BCUT2D eigenvalue weighted by Crippen LogP contribution is -1.86. The fourth-order valence-electron chi connectivity index (χ4n) is 1.55. The molecule has 1 aromatic carbocycles. The van der Waals surface area contributed by atoms with Crippen molar-refractivity contribution in [1.82, 2.24) is 0 Å². The van der Waals surface area contributed by atoms with Crippen LogP contribution in [-0.2, 0) is 0 Å². The summed E-state index contributed by atoms with van der Waals surface area (Å²) in [7, 11) is 0. The molecule has 3 heteroatoms. The Kier molecular flexibility index (Phi) is 2.49. The van der Waals surface area contributed by atoms with Crippen LogP contribution in [0.3, 0.4) is 0 Å². The maximum atomic E-state index is 9.07. The molecule has 0 spiro atoms. The molecule has 0 atom stereocenters. The Morgan fingerprint density at radius 2 is 2.29 bits per heavy atom. The Balaban J connectivity index is 2.88. The lowest BCUT2D eigenvalue weighted by atomic mass is 10.1. The molecule has 1 aromatic heterocycles. The normalized spacial score (nSPS) is 10.4. The zero-order chi connectivity index (χ0) is 10.1. The molecule has 0 N–H and O–H groups in total. The fraction of sp³-hybridized carbons (Fsp3) is 0.182. The molecule has 0 aliphatic heterocycles. The van der Waals surface area contributed by atoms with Crippen molar-refractivity contribution in [3.63, 3.8) is 0 Å². The Labute approximate surface area is 91.4 Å². The molecule has 14 heavy (non-hydrogen) atoms. The number of fused-ring (bicyclic) bond motifs is 1. The average Bonchev–Trinajstić information content (AvgIpc) is 2.65. The molecule has 0 aliphatic carbocycles. The minimum absolute atomic E-state index is 0.823. The fourth-order valence-corrected chi connectivity index (χ4v) is 3.15. The minimum atomic E-state index is 0.823. The van der Waals surface area contributed by atoms with Crippen LogP contribution < -0.4 is 0 Å². The van der Waals surface area contributed by atoms with Gasteiger partial charge in [0.2, 0.25) is 0 Å². The topological polar surface area (TPSA) is 23.8 Å². The lowest BCUT2D eigenvalue weighted by molar-refractivity contribution is 1.34. The highest BCUT2D eigenvalue weighted by molar-refractivity contribution is 7.98. The summed E-state index contributed by atoms with van der Waals surface area (Å²) in [5.41, 5.74) is 1.93. The summed E-state index contributed by atoms with van der Waals surface area (Å²) in [6, 6.07) is 6.47. The summed E-state index contributed by atoms with van der Waals surface area (Å²) in [6.45, 7) is 2.02. The monoisotopic (exact) mass is 219 g/mol. The van der Waals surface area contributed by atoms with E-state index >= 15 is 0 Å². The Hall–Kier alpha value is -0.980. The number of rotatable bonds is 1. The molecule has 1 heterocycles. The minimum Gasteiger partial charge on any atom is -0.192 e. The average molecular weight is 219 g/mol. The maximum Gasteiger partial charge on any atom is 0.101 e. The molecular weight excluding hydrogens is 210 g/mol. The standard InChI is InChI=1S/C11H9NS2/c1-7-8-3-4-14-11(8)5-10(13-2)9(7)6-12/h3-5H,1-2H3. The van der Waals surface area contributed by atoms with Crippen molar-refractivity contribution in [1.29, 1.82) is 5.26 Å². The first kappa shape index (κ1) is 9.57. The van der Waals surface area contributed by atoms with Crippen LogP contribution in [0.1, 0.15) is 11.1 Å². The van der Waals surface area contributed by atoms with Gasteiger partial charge in [-0.2, -0.15) is 5.26 Å². The molecule has 0 saturated heterocycles. The molecule has 0 radical (unpaired) electrons. The van der Waals surface area contributed by atoms with Gasteiger partial charge in [-0.25, -0.2) is 0 Å². The van der Waals surface area contributed by atoms with Gasteiger partial charge in [-0.3, -0.25) is 0 Å². The van der Waals surface area contributed by atoms with Crippen molar-refractivity contribution in [2.75, 3.05) is 6.26 Å². The van der Waals surface area contributed by atoms with Gasteiger partial charge in [-0.05, 0) is 41.6 Å². The van der Waals surface area contributed by atoms with E-state index in [4.69, 9.17) is 5.26 Å². The van der Waals surface area contributed by atoms with E-state index in [1.165, 1.54) is 10.1 Å². The van der Waals surface area contributed by atoms with Crippen LogP contribution in [0.4, 0.5) is 0 Å². The number of nitriles is 1. The van der Waals surface area contributed by atoms with Crippen LogP contribution in [-0.4, -0.2) is 6.26 Å². The zero-order valence-electron chi connectivity index (χ0n) is 8.00. The molecule has 2 aromatic rings. The van der Waals surface area contributed by atoms with Gasteiger partial charge in [0.1, 0.15) is 6.07 Å². The summed E-state index contributed by atoms with van der Waals surface area (Å²) in [4.78, 5) is 1.08. The largest absolute Gasteiger partial charge is 0.192 e. The first-order chi connectivity index (χ1) is 6.77. The quantitative estimate of drug-likeness (QED) is 0.681. The zero-order valence-corrected chi connectivity index (χ0v) is 9.63. The first-order valence-corrected chi connectivity index (χ1v) is 6.33. The van der Waals surface area contributed by atoms with E-state index < -0.39 is 0 Å². The van der Waals surface area contributed by atoms with E-state index in [2.05, 4.69) is 23.6 Å². The lowest BCUT2D eigenvalue weighted by Gasteiger charge is -2.04. The Morgan fingerprint density at radius 1 is 1.50 bits per heavy atom. The molecule has 1 nitrogen and oxygen atoms in total. The third kappa shape index (κ3) is 1.31. The van der Waals surface area contributed by atoms with Crippen molar-refractivity contribution < 1.29 is 0 Å². The van der Waals surface area contributed by atoms with E-state index in [0.717, 1.165) is 16.0 Å². The molecule has 70 valence electrons. The summed E-state index contributed by atoms with van der Waals surface area (Å²) in [6.07, 6.45) is 2.01. The van der Waals surface area contributed by atoms with E-state index in [0.29, 0.717) is 0 Å². The Morgan fingerprint density at radius 3 is 2.93 bits per heavy atom. The summed E-state index contributed by atoms with van der Waals surface area (Å²) in [5.74, 6) is 0. The van der Waals surface area contributed by atoms with Gasteiger partial charge in [-0.1, -0.05) is 0 Å². The Bertz CT molecular complexity index is 520. The van der Waals surface area contributed by atoms with Gasteiger partial charge < -0.3 is 0 Å².